The molecule has 0 radical (unpaired) electrons. The predicted octanol–water partition coefficient (Wildman–Crippen LogP) is 3.49. The first kappa shape index (κ1) is 16.7. The van der Waals surface area contributed by atoms with Crippen LogP contribution < -0.4 is 16.6 Å². The minimum Gasteiger partial charge on any atom is -0.367 e. The van der Waals surface area contributed by atoms with Gasteiger partial charge in [-0.3, -0.25) is 0 Å². The molecule has 0 aliphatic heterocycles. The average Bonchev–Trinajstić information content (AvgIpc) is 2.46. The van der Waals surface area contributed by atoms with Gasteiger partial charge in [-0.25, -0.2) is 15.8 Å². The van der Waals surface area contributed by atoms with Gasteiger partial charge in [-0.15, -0.1) is 0 Å². The zero-order valence-corrected chi connectivity index (χ0v) is 13.1. The van der Waals surface area contributed by atoms with Crippen LogP contribution in [0.3, 0.4) is 0 Å². The van der Waals surface area contributed by atoms with Crippen molar-refractivity contribution >= 4 is 11.6 Å². The summed E-state index contributed by atoms with van der Waals surface area (Å²) in [4.78, 5) is 8.62. The highest BCUT2D eigenvalue weighted by atomic mass is 15.3. The van der Waals surface area contributed by atoms with Crippen LogP contribution in [0, 0.1) is 0 Å². The number of anilines is 2. The Hall–Kier alpha value is -1.36. The van der Waals surface area contributed by atoms with Crippen LogP contribution in [-0.4, -0.2) is 16.0 Å². The van der Waals surface area contributed by atoms with Gasteiger partial charge in [0, 0.05) is 11.6 Å². The fourth-order valence-corrected chi connectivity index (χ4v) is 2.43. The summed E-state index contributed by atoms with van der Waals surface area (Å²) in [5.41, 5.74) is 3.77. The molecular formula is C15H29N5. The Morgan fingerprint density at radius 2 is 1.80 bits per heavy atom. The standard InChI is InChI=1S/C15H29N5/c1-4-7-10-12(8-5-2)19-14-13(9-6-3)15(20-16)18-11-17-14/h11-12H,4-10,16H2,1-3H3,(H2,17,18,19,20). The van der Waals surface area contributed by atoms with Gasteiger partial charge in [0.25, 0.3) is 0 Å². The first-order valence-corrected chi connectivity index (χ1v) is 7.83. The van der Waals surface area contributed by atoms with E-state index in [9.17, 15) is 0 Å². The van der Waals surface area contributed by atoms with Crippen LogP contribution in [0.2, 0.25) is 0 Å². The molecule has 1 aromatic heterocycles. The first-order chi connectivity index (χ1) is 9.76. The normalized spacial score (nSPS) is 12.2. The summed E-state index contributed by atoms with van der Waals surface area (Å²) < 4.78 is 0. The number of hydrazine groups is 1. The van der Waals surface area contributed by atoms with Gasteiger partial charge in [-0.1, -0.05) is 46.5 Å². The Kier molecular flexibility index (Phi) is 7.95. The third kappa shape index (κ3) is 4.96. The van der Waals surface area contributed by atoms with Crippen molar-refractivity contribution in [1.82, 2.24) is 9.97 Å². The zero-order chi connectivity index (χ0) is 14.8. The van der Waals surface area contributed by atoms with Crippen molar-refractivity contribution in [2.75, 3.05) is 10.7 Å². The summed E-state index contributed by atoms with van der Waals surface area (Å²) in [6.45, 7) is 6.60. The number of nitrogens with two attached hydrogens (primary N) is 1. The Morgan fingerprint density at radius 1 is 1.05 bits per heavy atom. The van der Waals surface area contributed by atoms with Crippen molar-refractivity contribution in [3.8, 4) is 0 Å². The molecule has 0 aromatic carbocycles. The number of nitrogens with zero attached hydrogens (tertiary/aromatic N) is 2. The molecule has 1 unspecified atom stereocenters. The second-order valence-corrected chi connectivity index (χ2v) is 5.22. The van der Waals surface area contributed by atoms with Gasteiger partial charge in [0.15, 0.2) is 0 Å². The minimum absolute atomic E-state index is 0.482. The Bertz CT molecular complexity index is 381. The summed E-state index contributed by atoms with van der Waals surface area (Å²) in [6, 6.07) is 0.482. The number of rotatable bonds is 10. The molecule has 1 heterocycles. The molecule has 4 N–H and O–H groups in total. The Balaban J connectivity index is 2.86. The van der Waals surface area contributed by atoms with E-state index >= 15 is 0 Å². The molecule has 0 saturated carbocycles. The smallest absolute Gasteiger partial charge is 0.148 e. The summed E-state index contributed by atoms with van der Waals surface area (Å²) in [7, 11) is 0. The van der Waals surface area contributed by atoms with Crippen LogP contribution in [0.4, 0.5) is 11.6 Å². The molecule has 0 spiro atoms. The van der Waals surface area contributed by atoms with Crippen LogP contribution >= 0.6 is 0 Å². The van der Waals surface area contributed by atoms with Crippen LogP contribution in [0.5, 0.6) is 0 Å². The molecule has 5 nitrogen and oxygen atoms in total. The van der Waals surface area contributed by atoms with Crippen molar-refractivity contribution in [2.45, 2.75) is 71.8 Å². The number of nitrogen functional groups attached to an aromatic ring is 1. The van der Waals surface area contributed by atoms with Gasteiger partial charge in [0.1, 0.15) is 18.0 Å². The lowest BCUT2D eigenvalue weighted by atomic mass is 10.0. The summed E-state index contributed by atoms with van der Waals surface area (Å²) in [5.74, 6) is 7.22. The highest BCUT2D eigenvalue weighted by Crippen LogP contribution is 2.23. The van der Waals surface area contributed by atoms with Gasteiger partial charge in [-0.05, 0) is 19.3 Å². The van der Waals surface area contributed by atoms with Crippen molar-refractivity contribution in [2.24, 2.45) is 5.84 Å². The molecule has 0 aliphatic rings. The molecule has 0 bridgehead atoms. The van der Waals surface area contributed by atoms with Crippen molar-refractivity contribution < 1.29 is 0 Å². The van der Waals surface area contributed by atoms with E-state index in [2.05, 4.69) is 41.5 Å². The molecule has 114 valence electrons. The second-order valence-electron chi connectivity index (χ2n) is 5.22. The quantitative estimate of drug-likeness (QED) is 0.451. The van der Waals surface area contributed by atoms with Crippen LogP contribution in [0.15, 0.2) is 6.33 Å². The molecular weight excluding hydrogens is 250 g/mol. The Labute approximate surface area is 122 Å². The molecule has 1 aromatic rings. The highest BCUT2D eigenvalue weighted by molar-refractivity contribution is 5.57. The zero-order valence-electron chi connectivity index (χ0n) is 13.1. The number of hydrogen-bond donors (Lipinski definition) is 3. The topological polar surface area (TPSA) is 75.9 Å². The van der Waals surface area contributed by atoms with E-state index < -0.39 is 0 Å². The highest BCUT2D eigenvalue weighted by Gasteiger charge is 2.14. The number of nitrogens with one attached hydrogen (secondary N) is 2. The van der Waals surface area contributed by atoms with Gasteiger partial charge in [0.2, 0.25) is 0 Å². The summed E-state index contributed by atoms with van der Waals surface area (Å²) in [5, 5.41) is 3.60. The molecule has 0 amide bonds. The lowest BCUT2D eigenvalue weighted by molar-refractivity contribution is 0.562. The number of unbranched alkanes of at least 4 members (excludes halogenated alkanes) is 1. The minimum atomic E-state index is 0.482. The maximum Gasteiger partial charge on any atom is 0.148 e. The molecule has 20 heavy (non-hydrogen) atoms. The Morgan fingerprint density at radius 3 is 2.40 bits per heavy atom. The van der Waals surface area contributed by atoms with E-state index in [1.807, 2.05) is 0 Å². The van der Waals surface area contributed by atoms with Crippen LogP contribution in [-0.2, 0) is 6.42 Å². The van der Waals surface area contributed by atoms with Crippen molar-refractivity contribution in [3.05, 3.63) is 11.9 Å². The lowest BCUT2D eigenvalue weighted by Crippen LogP contribution is -2.22. The van der Waals surface area contributed by atoms with E-state index in [0.717, 1.165) is 30.0 Å². The average molecular weight is 279 g/mol. The lowest BCUT2D eigenvalue weighted by Gasteiger charge is -2.21. The number of aromatic nitrogens is 2. The number of hydrogen-bond acceptors (Lipinski definition) is 5. The first-order valence-electron chi connectivity index (χ1n) is 7.83. The van der Waals surface area contributed by atoms with E-state index in [0.29, 0.717) is 6.04 Å². The third-order valence-corrected chi connectivity index (χ3v) is 3.47. The molecule has 0 saturated heterocycles. The van der Waals surface area contributed by atoms with E-state index in [4.69, 9.17) is 5.84 Å². The molecule has 0 aliphatic carbocycles. The van der Waals surface area contributed by atoms with Crippen molar-refractivity contribution in [1.29, 1.82) is 0 Å². The van der Waals surface area contributed by atoms with E-state index in [-0.39, 0.29) is 0 Å². The SMILES string of the molecule is CCCCC(CCC)Nc1ncnc(NN)c1CCC. The maximum absolute atomic E-state index is 5.55. The second kappa shape index (κ2) is 9.53. The molecule has 0 fully saturated rings. The van der Waals surface area contributed by atoms with Crippen molar-refractivity contribution in [3.63, 3.8) is 0 Å². The van der Waals surface area contributed by atoms with Crippen LogP contribution in [0.25, 0.3) is 0 Å². The molecule has 1 rings (SSSR count). The predicted molar refractivity (Wildman–Crippen MR) is 85.7 cm³/mol. The summed E-state index contributed by atoms with van der Waals surface area (Å²) >= 11 is 0. The largest absolute Gasteiger partial charge is 0.367 e. The van der Waals surface area contributed by atoms with Crippen LogP contribution in [0.1, 0.15) is 64.9 Å². The molecule has 5 heteroatoms. The van der Waals surface area contributed by atoms with E-state index in [1.54, 1.807) is 6.33 Å². The van der Waals surface area contributed by atoms with E-state index in [1.165, 1.54) is 32.1 Å². The fourth-order valence-electron chi connectivity index (χ4n) is 2.43. The third-order valence-electron chi connectivity index (χ3n) is 3.47. The van der Waals surface area contributed by atoms with Gasteiger partial charge in [0.05, 0.1) is 0 Å². The molecule has 1 atom stereocenters. The van der Waals surface area contributed by atoms with Gasteiger partial charge < -0.3 is 10.7 Å². The van der Waals surface area contributed by atoms with Gasteiger partial charge >= 0.3 is 0 Å². The fraction of sp³-hybridized carbons (Fsp3) is 0.733. The van der Waals surface area contributed by atoms with Gasteiger partial charge in [-0.2, -0.15) is 0 Å². The summed E-state index contributed by atoms with van der Waals surface area (Å²) in [6.07, 6.45) is 9.54. The maximum atomic E-state index is 5.55. The monoisotopic (exact) mass is 279 g/mol.